The number of tetrazole rings is 1. The number of nitrogens with one attached hydrogen (secondary N) is 1. The second-order valence-corrected chi connectivity index (χ2v) is 11.7. The number of methoxy groups -OCH3 is 1. The zero-order chi connectivity index (χ0) is 25.4. The minimum atomic E-state index is -0.765. The fraction of sp³-hybridized carbons (Fsp3) is 0.875. The van der Waals surface area contributed by atoms with Crippen LogP contribution in [0.15, 0.2) is 0 Å². The first-order valence-electron chi connectivity index (χ1n) is 12.8. The number of hydrogen-bond donors (Lipinski definition) is 2. The Morgan fingerprint density at radius 1 is 1.14 bits per heavy atom. The van der Waals surface area contributed by atoms with Gasteiger partial charge in [-0.3, -0.25) is 4.90 Å². The van der Waals surface area contributed by atoms with E-state index in [1.807, 2.05) is 0 Å². The fourth-order valence-electron chi connectivity index (χ4n) is 5.09. The van der Waals surface area contributed by atoms with Gasteiger partial charge in [-0.25, -0.2) is 14.3 Å². The van der Waals surface area contributed by atoms with E-state index < -0.39 is 29.2 Å². The van der Waals surface area contributed by atoms with Gasteiger partial charge in [-0.1, -0.05) is 12.8 Å². The summed E-state index contributed by atoms with van der Waals surface area (Å²) in [6.45, 7) is 8.55. The molecule has 11 nitrogen and oxygen atoms in total. The molecule has 0 bridgehead atoms. The second kappa shape index (κ2) is 10.0. The van der Waals surface area contributed by atoms with E-state index in [1.165, 1.54) is 24.9 Å². The Morgan fingerprint density at radius 2 is 1.86 bits per heavy atom. The van der Waals surface area contributed by atoms with E-state index in [4.69, 9.17) is 9.47 Å². The van der Waals surface area contributed by atoms with Gasteiger partial charge in [-0.05, 0) is 82.2 Å². The fourth-order valence-corrected chi connectivity index (χ4v) is 5.09. The van der Waals surface area contributed by atoms with Gasteiger partial charge < -0.3 is 19.9 Å². The zero-order valence-corrected chi connectivity index (χ0v) is 21.6. The van der Waals surface area contributed by atoms with Crippen molar-refractivity contribution >= 4 is 12.1 Å². The summed E-state index contributed by atoms with van der Waals surface area (Å²) in [5.74, 6) is 1.42. The van der Waals surface area contributed by atoms with Crippen molar-refractivity contribution in [3.8, 4) is 0 Å². The molecule has 3 aliphatic rings. The first-order valence-corrected chi connectivity index (χ1v) is 12.8. The van der Waals surface area contributed by atoms with E-state index in [2.05, 4.69) is 27.8 Å². The van der Waals surface area contributed by atoms with E-state index in [0.717, 1.165) is 38.1 Å². The van der Waals surface area contributed by atoms with Crippen LogP contribution in [0.2, 0.25) is 0 Å². The molecule has 196 valence electrons. The molecule has 2 aliphatic carbocycles. The van der Waals surface area contributed by atoms with Crippen molar-refractivity contribution in [1.82, 2.24) is 30.4 Å². The van der Waals surface area contributed by atoms with Crippen LogP contribution in [0.4, 0.5) is 4.79 Å². The summed E-state index contributed by atoms with van der Waals surface area (Å²) in [5.41, 5.74) is -1.15. The van der Waals surface area contributed by atoms with Crippen molar-refractivity contribution in [3.63, 3.8) is 0 Å². The molecular formula is C24H40N6O5. The van der Waals surface area contributed by atoms with E-state index in [1.54, 1.807) is 25.5 Å². The lowest BCUT2D eigenvalue weighted by Gasteiger charge is -2.37. The van der Waals surface area contributed by atoms with Gasteiger partial charge in [-0.15, -0.1) is 5.10 Å². The number of nitrogens with zero attached hydrogens (tertiary/aromatic N) is 5. The van der Waals surface area contributed by atoms with Crippen molar-refractivity contribution in [2.75, 3.05) is 20.2 Å². The smallest absolute Gasteiger partial charge is 0.411 e. The van der Waals surface area contributed by atoms with Crippen LogP contribution in [-0.2, 0) is 19.8 Å². The maximum atomic E-state index is 12.9. The van der Waals surface area contributed by atoms with Gasteiger partial charge in [0.15, 0.2) is 5.82 Å². The van der Waals surface area contributed by atoms with Crippen molar-refractivity contribution < 1.29 is 24.2 Å². The number of likely N-dealkylation sites (tertiary alicyclic amines) is 1. The minimum Gasteiger partial charge on any atom is -0.467 e. The van der Waals surface area contributed by atoms with Crippen molar-refractivity contribution in [1.29, 1.82) is 0 Å². The minimum absolute atomic E-state index is 0.197. The molecule has 11 heteroatoms. The van der Waals surface area contributed by atoms with Crippen LogP contribution in [0.3, 0.4) is 0 Å². The molecule has 3 atom stereocenters. The maximum Gasteiger partial charge on any atom is 0.411 e. The van der Waals surface area contributed by atoms with Gasteiger partial charge in [0, 0.05) is 13.0 Å². The van der Waals surface area contributed by atoms with Crippen LogP contribution < -0.4 is 5.32 Å². The first-order chi connectivity index (χ1) is 16.5. The molecule has 4 rings (SSSR count). The van der Waals surface area contributed by atoms with Crippen LogP contribution in [0.25, 0.3) is 0 Å². The lowest BCUT2D eigenvalue weighted by molar-refractivity contribution is -0.145. The normalized spacial score (nSPS) is 28.3. The third-order valence-corrected chi connectivity index (χ3v) is 7.45. The Bertz CT molecular complexity index is 906. The Balaban J connectivity index is 1.54. The number of ether oxygens (including phenoxy) is 2. The average molecular weight is 493 g/mol. The number of carbonyl (C=O) groups excluding carboxylic acids is 2. The lowest BCUT2D eigenvalue weighted by Crippen LogP contribution is -2.47. The number of aliphatic hydroxyl groups is 1. The van der Waals surface area contributed by atoms with Crippen LogP contribution in [0.5, 0.6) is 0 Å². The third kappa shape index (κ3) is 6.11. The van der Waals surface area contributed by atoms with Crippen molar-refractivity contribution in [3.05, 3.63) is 5.82 Å². The third-order valence-electron chi connectivity index (χ3n) is 7.45. The number of aliphatic hydroxyl groups excluding tert-OH is 1. The van der Waals surface area contributed by atoms with Crippen LogP contribution in [0, 0.1) is 11.8 Å². The number of esters is 1. The number of amides is 1. The first kappa shape index (κ1) is 25.8. The monoisotopic (exact) mass is 492 g/mol. The van der Waals surface area contributed by atoms with E-state index in [9.17, 15) is 14.7 Å². The number of rotatable bonds is 9. The quantitative estimate of drug-likeness (QED) is 0.498. The largest absolute Gasteiger partial charge is 0.467 e. The molecule has 0 radical (unpaired) electrons. The summed E-state index contributed by atoms with van der Waals surface area (Å²) < 4.78 is 12.3. The van der Waals surface area contributed by atoms with E-state index >= 15 is 0 Å². The predicted molar refractivity (Wildman–Crippen MR) is 126 cm³/mol. The summed E-state index contributed by atoms with van der Waals surface area (Å²) in [6, 6.07) is -1.05. The SMILES string of the molecule is COC(=O)[C@@H]1C[C@H](n2nnnc2C(C)(CCC2CC2)NCC2CC(O)C2)CN1C(=O)OC(C)(C)C. The predicted octanol–water partition coefficient (Wildman–Crippen LogP) is 2.16. The number of hydrogen-bond acceptors (Lipinski definition) is 9. The topological polar surface area (TPSA) is 132 Å². The lowest BCUT2D eigenvalue weighted by atomic mass is 9.81. The molecule has 0 aromatic carbocycles. The Morgan fingerprint density at radius 3 is 2.46 bits per heavy atom. The Hall–Kier alpha value is -2.27. The average Bonchev–Trinajstić information content (AvgIpc) is 3.27. The molecule has 0 spiro atoms. The molecule has 1 unspecified atom stereocenters. The highest BCUT2D eigenvalue weighted by molar-refractivity contribution is 5.82. The van der Waals surface area contributed by atoms with Gasteiger partial charge >= 0.3 is 12.1 Å². The van der Waals surface area contributed by atoms with Crippen LogP contribution >= 0.6 is 0 Å². The molecule has 35 heavy (non-hydrogen) atoms. The van der Waals surface area contributed by atoms with E-state index in [0.29, 0.717) is 18.2 Å². The highest BCUT2D eigenvalue weighted by Gasteiger charge is 2.46. The molecule has 1 amide bonds. The molecule has 3 fully saturated rings. The van der Waals surface area contributed by atoms with Gasteiger partial charge in [0.2, 0.25) is 0 Å². The molecule has 1 aromatic rings. The van der Waals surface area contributed by atoms with Crippen molar-refractivity contribution in [2.45, 2.75) is 102 Å². The molecule has 2 heterocycles. The summed E-state index contributed by atoms with van der Waals surface area (Å²) in [5, 5.41) is 26.1. The molecule has 2 saturated carbocycles. The highest BCUT2D eigenvalue weighted by atomic mass is 16.6. The number of carbonyl (C=O) groups is 2. The molecule has 1 aromatic heterocycles. The van der Waals surface area contributed by atoms with Gasteiger partial charge in [0.1, 0.15) is 11.6 Å². The highest BCUT2D eigenvalue weighted by Crippen LogP contribution is 2.39. The molecule has 2 N–H and O–H groups in total. The van der Waals surface area contributed by atoms with Gasteiger partial charge in [0.25, 0.3) is 0 Å². The zero-order valence-electron chi connectivity index (χ0n) is 21.6. The summed E-state index contributed by atoms with van der Waals surface area (Å²) >= 11 is 0. The summed E-state index contributed by atoms with van der Waals surface area (Å²) in [7, 11) is 1.32. The number of aromatic nitrogens is 4. The Kier molecular flexibility index (Phi) is 7.38. The van der Waals surface area contributed by atoms with Gasteiger partial charge in [0.05, 0.1) is 24.8 Å². The molecular weight excluding hydrogens is 452 g/mol. The second-order valence-electron chi connectivity index (χ2n) is 11.7. The van der Waals surface area contributed by atoms with Crippen molar-refractivity contribution in [2.24, 2.45) is 11.8 Å². The molecule has 1 aliphatic heterocycles. The van der Waals surface area contributed by atoms with Crippen LogP contribution in [-0.4, -0.2) is 80.2 Å². The van der Waals surface area contributed by atoms with Gasteiger partial charge in [-0.2, -0.15) is 0 Å². The molecule has 1 saturated heterocycles. The summed E-state index contributed by atoms with van der Waals surface area (Å²) in [6.07, 6.45) is 5.72. The summed E-state index contributed by atoms with van der Waals surface area (Å²) in [4.78, 5) is 26.9. The standard InChI is InChI=1S/C24H40N6O5/c1-23(2,3)35-22(33)29-14-17(12-19(29)20(32)34-5)30-21(26-27-28-30)24(4,9-8-15-6-7-15)25-13-16-10-18(31)11-16/h15-19,25,31H,6-14H2,1-5H3/t16?,17-,18?,19-,24?/m0/s1. The van der Waals surface area contributed by atoms with E-state index in [-0.39, 0.29) is 18.7 Å². The Labute approximate surface area is 206 Å². The maximum absolute atomic E-state index is 12.9. The van der Waals surface area contributed by atoms with Crippen LogP contribution in [0.1, 0.15) is 84.5 Å².